The Morgan fingerprint density at radius 1 is 1.43 bits per heavy atom. The first kappa shape index (κ1) is 17.1. The molecule has 0 saturated heterocycles. The molecule has 1 aromatic rings. The quantitative estimate of drug-likeness (QED) is 0.694. The van der Waals surface area contributed by atoms with Gasteiger partial charge in [-0.05, 0) is 32.9 Å². The fourth-order valence-corrected chi connectivity index (χ4v) is 1.51. The molecule has 1 aromatic heterocycles. The summed E-state index contributed by atoms with van der Waals surface area (Å²) >= 11 is 0. The highest BCUT2D eigenvalue weighted by Gasteiger charge is 2.22. The van der Waals surface area contributed by atoms with E-state index in [9.17, 15) is 19.8 Å². The van der Waals surface area contributed by atoms with Crippen molar-refractivity contribution in [3.05, 3.63) is 29.6 Å². The standard InChI is InChI=1S/C14H20N2O5/c1-14(2,3)21-13(20)15-7-11(18)12(19)10-6-4-5-9(8-17)16-10/h4-6,8,11-12,18-19H,7H2,1-3H3,(H,15,20). The van der Waals surface area contributed by atoms with Crippen molar-refractivity contribution in [1.29, 1.82) is 0 Å². The Morgan fingerprint density at radius 2 is 2.10 bits per heavy atom. The fourth-order valence-electron chi connectivity index (χ4n) is 1.51. The fraction of sp³-hybridized carbons (Fsp3) is 0.500. The summed E-state index contributed by atoms with van der Waals surface area (Å²) in [6.07, 6.45) is -2.74. The number of carbonyl (C=O) groups is 2. The third-order valence-corrected chi connectivity index (χ3v) is 2.43. The summed E-state index contributed by atoms with van der Waals surface area (Å²) < 4.78 is 5.01. The molecule has 0 bridgehead atoms. The molecule has 1 amide bonds. The molecule has 0 aliphatic rings. The SMILES string of the molecule is CC(C)(C)OC(=O)NCC(O)C(O)c1cccc(C=O)n1. The number of nitrogens with one attached hydrogen (secondary N) is 1. The van der Waals surface area contributed by atoms with Crippen molar-refractivity contribution < 1.29 is 24.5 Å². The Morgan fingerprint density at radius 3 is 2.67 bits per heavy atom. The van der Waals surface area contributed by atoms with Crippen LogP contribution >= 0.6 is 0 Å². The van der Waals surface area contributed by atoms with Crippen LogP contribution in [-0.4, -0.2) is 45.8 Å². The number of ether oxygens (including phenoxy) is 1. The predicted molar refractivity (Wildman–Crippen MR) is 74.8 cm³/mol. The van der Waals surface area contributed by atoms with Gasteiger partial charge in [0.15, 0.2) is 6.29 Å². The first-order valence-electron chi connectivity index (χ1n) is 6.48. The number of amides is 1. The number of alkyl carbamates (subject to hydrolysis) is 1. The van der Waals surface area contributed by atoms with Crippen molar-refractivity contribution in [2.75, 3.05) is 6.54 Å². The number of rotatable bonds is 5. The molecule has 2 atom stereocenters. The van der Waals surface area contributed by atoms with Crippen LogP contribution in [0.15, 0.2) is 18.2 Å². The van der Waals surface area contributed by atoms with Gasteiger partial charge in [-0.25, -0.2) is 9.78 Å². The minimum absolute atomic E-state index is 0.151. The average Bonchev–Trinajstić information content (AvgIpc) is 2.42. The van der Waals surface area contributed by atoms with Gasteiger partial charge in [0.05, 0.1) is 5.69 Å². The Balaban J connectivity index is 2.56. The first-order chi connectivity index (χ1) is 9.73. The molecule has 1 heterocycles. The van der Waals surface area contributed by atoms with E-state index in [4.69, 9.17) is 4.74 Å². The maximum Gasteiger partial charge on any atom is 0.407 e. The number of carbonyl (C=O) groups excluding carboxylic acids is 2. The van der Waals surface area contributed by atoms with Crippen LogP contribution in [0.25, 0.3) is 0 Å². The molecule has 0 aliphatic heterocycles. The van der Waals surface area contributed by atoms with Crippen molar-refractivity contribution in [3.63, 3.8) is 0 Å². The van der Waals surface area contributed by atoms with Gasteiger partial charge in [-0.15, -0.1) is 0 Å². The second-order valence-electron chi connectivity index (χ2n) is 5.50. The number of aldehydes is 1. The van der Waals surface area contributed by atoms with Gasteiger partial charge in [0, 0.05) is 6.54 Å². The third kappa shape index (κ3) is 5.88. The van der Waals surface area contributed by atoms with Gasteiger partial charge < -0.3 is 20.3 Å². The third-order valence-electron chi connectivity index (χ3n) is 2.43. The van der Waals surface area contributed by atoms with E-state index in [1.807, 2.05) is 0 Å². The Bertz CT molecular complexity index is 498. The van der Waals surface area contributed by atoms with Crippen LogP contribution in [0.3, 0.4) is 0 Å². The van der Waals surface area contributed by atoms with E-state index < -0.39 is 23.9 Å². The van der Waals surface area contributed by atoms with E-state index in [2.05, 4.69) is 10.3 Å². The molecule has 1 rings (SSSR count). The summed E-state index contributed by atoms with van der Waals surface area (Å²) in [5.41, 5.74) is -0.343. The smallest absolute Gasteiger partial charge is 0.407 e. The molecule has 2 unspecified atom stereocenters. The molecule has 0 aromatic carbocycles. The van der Waals surface area contributed by atoms with Crippen LogP contribution in [0.4, 0.5) is 4.79 Å². The lowest BCUT2D eigenvalue weighted by atomic mass is 10.1. The summed E-state index contributed by atoms with van der Waals surface area (Å²) in [5, 5.41) is 22.1. The van der Waals surface area contributed by atoms with E-state index >= 15 is 0 Å². The first-order valence-corrected chi connectivity index (χ1v) is 6.48. The number of pyridine rings is 1. The normalized spacial score (nSPS) is 14.1. The molecule has 0 aliphatic carbocycles. The van der Waals surface area contributed by atoms with E-state index in [0.29, 0.717) is 6.29 Å². The van der Waals surface area contributed by atoms with Crippen molar-refractivity contribution in [2.24, 2.45) is 0 Å². The zero-order valence-electron chi connectivity index (χ0n) is 12.2. The average molecular weight is 296 g/mol. The molecule has 21 heavy (non-hydrogen) atoms. The second-order valence-corrected chi connectivity index (χ2v) is 5.50. The summed E-state index contributed by atoms with van der Waals surface area (Å²) in [6.45, 7) is 4.94. The highest BCUT2D eigenvalue weighted by molar-refractivity contribution is 5.71. The number of aliphatic hydroxyl groups excluding tert-OH is 2. The summed E-state index contributed by atoms with van der Waals surface area (Å²) in [6, 6.07) is 4.51. The minimum Gasteiger partial charge on any atom is -0.444 e. The van der Waals surface area contributed by atoms with Crippen molar-refractivity contribution in [3.8, 4) is 0 Å². The molecule has 3 N–H and O–H groups in total. The lowest BCUT2D eigenvalue weighted by molar-refractivity contribution is 0.0108. The number of hydrogen-bond donors (Lipinski definition) is 3. The summed E-state index contributed by atoms with van der Waals surface area (Å²) in [4.78, 5) is 25.9. The van der Waals surface area contributed by atoms with E-state index in [-0.39, 0.29) is 17.9 Å². The van der Waals surface area contributed by atoms with E-state index in [1.54, 1.807) is 26.8 Å². The summed E-state index contributed by atoms with van der Waals surface area (Å²) in [7, 11) is 0. The number of aliphatic hydroxyl groups is 2. The Labute approximate surface area is 123 Å². The zero-order chi connectivity index (χ0) is 16.0. The highest BCUT2D eigenvalue weighted by Crippen LogP contribution is 2.14. The molecule has 0 saturated carbocycles. The van der Waals surface area contributed by atoms with Gasteiger partial charge in [-0.3, -0.25) is 4.79 Å². The van der Waals surface area contributed by atoms with Crippen LogP contribution in [0.5, 0.6) is 0 Å². The van der Waals surface area contributed by atoms with Crippen LogP contribution < -0.4 is 5.32 Å². The van der Waals surface area contributed by atoms with Crippen LogP contribution in [0.1, 0.15) is 43.1 Å². The van der Waals surface area contributed by atoms with Crippen molar-refractivity contribution in [2.45, 2.75) is 38.6 Å². The molecule has 7 nitrogen and oxygen atoms in total. The largest absolute Gasteiger partial charge is 0.444 e. The lowest BCUT2D eigenvalue weighted by Crippen LogP contribution is -2.39. The monoisotopic (exact) mass is 296 g/mol. The maximum absolute atomic E-state index is 11.4. The molecule has 116 valence electrons. The number of nitrogens with zero attached hydrogens (tertiary/aromatic N) is 1. The number of hydrogen-bond acceptors (Lipinski definition) is 6. The van der Waals surface area contributed by atoms with Crippen LogP contribution in [0, 0.1) is 0 Å². The number of aromatic nitrogens is 1. The second kappa shape index (κ2) is 7.14. The van der Waals surface area contributed by atoms with Gasteiger partial charge in [-0.1, -0.05) is 6.07 Å². The maximum atomic E-state index is 11.4. The minimum atomic E-state index is -1.32. The van der Waals surface area contributed by atoms with Gasteiger partial charge in [0.1, 0.15) is 23.5 Å². The molecule has 0 spiro atoms. The van der Waals surface area contributed by atoms with Gasteiger partial charge >= 0.3 is 6.09 Å². The lowest BCUT2D eigenvalue weighted by Gasteiger charge is -2.22. The van der Waals surface area contributed by atoms with E-state index in [1.165, 1.54) is 12.1 Å². The Kier molecular flexibility index (Phi) is 5.80. The van der Waals surface area contributed by atoms with Gasteiger partial charge in [0.2, 0.25) is 0 Å². The molecule has 0 fully saturated rings. The predicted octanol–water partition coefficient (Wildman–Crippen LogP) is 0.813. The molecule has 0 radical (unpaired) electrons. The van der Waals surface area contributed by atoms with Gasteiger partial charge in [0.25, 0.3) is 0 Å². The van der Waals surface area contributed by atoms with Crippen LogP contribution in [-0.2, 0) is 4.74 Å². The topological polar surface area (TPSA) is 109 Å². The molecular weight excluding hydrogens is 276 g/mol. The van der Waals surface area contributed by atoms with Crippen molar-refractivity contribution >= 4 is 12.4 Å². The van der Waals surface area contributed by atoms with Gasteiger partial charge in [-0.2, -0.15) is 0 Å². The zero-order valence-corrected chi connectivity index (χ0v) is 12.2. The summed E-state index contributed by atoms with van der Waals surface area (Å²) in [5.74, 6) is 0. The molecule has 7 heteroatoms. The van der Waals surface area contributed by atoms with Crippen molar-refractivity contribution in [1.82, 2.24) is 10.3 Å². The Hall–Kier alpha value is -1.99. The van der Waals surface area contributed by atoms with Crippen LogP contribution in [0.2, 0.25) is 0 Å². The van der Waals surface area contributed by atoms with E-state index in [0.717, 1.165) is 0 Å². The highest BCUT2D eigenvalue weighted by atomic mass is 16.6. The molecular formula is C14H20N2O5.